The lowest BCUT2D eigenvalue weighted by molar-refractivity contribution is -0.123. The number of hydrogen-bond donors (Lipinski definition) is 1. The molecule has 30 heavy (non-hydrogen) atoms. The second-order valence-electron chi connectivity index (χ2n) is 5.13. The van der Waals surface area contributed by atoms with Gasteiger partial charge in [0.25, 0.3) is 0 Å². The number of benzene rings is 1. The minimum Gasteiger partial charge on any atom is -0.491 e. The molecular formula is C22H41NO7. The van der Waals surface area contributed by atoms with Crippen molar-refractivity contribution in [1.82, 2.24) is 0 Å². The third-order valence-electron chi connectivity index (χ3n) is 2.97. The molecule has 0 bridgehead atoms. The summed E-state index contributed by atoms with van der Waals surface area (Å²) in [5, 5.41) is 0. The lowest BCUT2D eigenvalue weighted by Gasteiger charge is -2.08. The number of hydrogen-bond acceptors (Lipinski definition) is 7. The minimum atomic E-state index is -0.487. The van der Waals surface area contributed by atoms with Gasteiger partial charge in [0.15, 0.2) is 0 Å². The summed E-state index contributed by atoms with van der Waals surface area (Å²) in [5.41, 5.74) is 4.93. The molecule has 1 aromatic carbocycles. The van der Waals surface area contributed by atoms with Crippen LogP contribution >= 0.6 is 0 Å². The molecule has 0 heterocycles. The van der Waals surface area contributed by atoms with Gasteiger partial charge in [0.1, 0.15) is 19.0 Å². The van der Waals surface area contributed by atoms with Gasteiger partial charge in [0, 0.05) is 0 Å². The Hall–Kier alpha value is -1.71. The number of rotatable bonds is 18. The molecule has 1 amide bonds. The van der Waals surface area contributed by atoms with Gasteiger partial charge in [-0.25, -0.2) is 0 Å². The van der Waals surface area contributed by atoms with Gasteiger partial charge in [-0.15, -0.1) is 0 Å². The molecule has 176 valence electrons. The van der Waals surface area contributed by atoms with Crippen LogP contribution in [0.3, 0.4) is 0 Å². The molecular weight excluding hydrogens is 390 g/mol. The van der Waals surface area contributed by atoms with Crippen LogP contribution in [0.15, 0.2) is 30.3 Å². The number of amides is 1. The minimum absolute atomic E-state index is 0.0824. The van der Waals surface area contributed by atoms with Gasteiger partial charge < -0.3 is 34.2 Å². The highest BCUT2D eigenvalue weighted by Gasteiger charge is 1.96. The van der Waals surface area contributed by atoms with E-state index < -0.39 is 5.91 Å². The number of carbonyl (C=O) groups is 1. The number of primary amides is 1. The molecule has 0 spiro atoms. The molecule has 1 aromatic rings. The smallest absolute Gasteiger partial charge is 0.243 e. The average Bonchev–Trinajstić information content (AvgIpc) is 2.79. The zero-order valence-electron chi connectivity index (χ0n) is 19.1. The first-order valence-electron chi connectivity index (χ1n) is 10.6. The summed E-state index contributed by atoms with van der Waals surface area (Å²) in [7, 11) is 0. The van der Waals surface area contributed by atoms with E-state index in [1.54, 1.807) is 0 Å². The fraction of sp³-hybridized carbons (Fsp3) is 0.682. The highest BCUT2D eigenvalue weighted by molar-refractivity contribution is 5.74. The van der Waals surface area contributed by atoms with Crippen LogP contribution < -0.4 is 10.5 Å². The lowest BCUT2D eigenvalue weighted by Crippen LogP contribution is -2.20. The van der Waals surface area contributed by atoms with Gasteiger partial charge in [-0.2, -0.15) is 0 Å². The van der Waals surface area contributed by atoms with E-state index in [9.17, 15) is 4.79 Å². The van der Waals surface area contributed by atoms with E-state index in [1.807, 2.05) is 58.0 Å². The Morgan fingerprint density at radius 2 is 1.00 bits per heavy atom. The second-order valence-corrected chi connectivity index (χ2v) is 5.13. The van der Waals surface area contributed by atoms with E-state index in [0.717, 1.165) is 5.75 Å². The van der Waals surface area contributed by atoms with Crippen molar-refractivity contribution in [3.05, 3.63) is 30.3 Å². The standard InChI is InChI=1S/C18H29NO7.2C2H6/c19-18(20)16-25-13-12-23-9-8-21-6-7-22-10-11-24-14-15-26-17-4-2-1-3-5-17;2*1-2/h1-5H,6-16H2,(H2,19,20);2*1-2H3. The monoisotopic (exact) mass is 431 g/mol. The van der Waals surface area contributed by atoms with Crippen molar-refractivity contribution in [2.75, 3.05) is 72.7 Å². The van der Waals surface area contributed by atoms with Crippen LogP contribution in [-0.4, -0.2) is 78.6 Å². The summed E-state index contributed by atoms with van der Waals surface area (Å²) < 4.78 is 31.8. The first-order chi connectivity index (χ1) is 14.8. The van der Waals surface area contributed by atoms with Gasteiger partial charge in [0.2, 0.25) is 5.91 Å². The van der Waals surface area contributed by atoms with Crippen LogP contribution in [0.25, 0.3) is 0 Å². The third kappa shape index (κ3) is 24.3. The van der Waals surface area contributed by atoms with Gasteiger partial charge >= 0.3 is 0 Å². The molecule has 0 aromatic heterocycles. The Balaban J connectivity index is 0. The fourth-order valence-electron chi connectivity index (χ4n) is 1.79. The van der Waals surface area contributed by atoms with Gasteiger partial charge in [0.05, 0.1) is 59.5 Å². The third-order valence-corrected chi connectivity index (χ3v) is 2.97. The largest absolute Gasteiger partial charge is 0.491 e. The summed E-state index contributed by atoms with van der Waals surface area (Å²) in [5.74, 6) is 0.353. The Morgan fingerprint density at radius 3 is 1.40 bits per heavy atom. The lowest BCUT2D eigenvalue weighted by atomic mass is 10.3. The fourth-order valence-corrected chi connectivity index (χ4v) is 1.79. The SMILES string of the molecule is CC.CC.NC(=O)COCCOCCOCCOCCOCCOc1ccccc1. The Morgan fingerprint density at radius 1 is 0.633 bits per heavy atom. The van der Waals surface area contributed by atoms with Gasteiger partial charge in [-0.05, 0) is 12.1 Å². The summed E-state index contributed by atoms with van der Waals surface area (Å²) in [6.07, 6.45) is 0. The number of carbonyl (C=O) groups excluding carboxylic acids is 1. The maximum atomic E-state index is 10.4. The van der Waals surface area contributed by atoms with Crippen LogP contribution in [0.1, 0.15) is 27.7 Å². The highest BCUT2D eigenvalue weighted by atomic mass is 16.6. The van der Waals surface area contributed by atoms with E-state index in [0.29, 0.717) is 66.1 Å². The maximum Gasteiger partial charge on any atom is 0.243 e. The average molecular weight is 432 g/mol. The Labute approximate surface area is 181 Å². The Kier molecular flexibility index (Phi) is 27.7. The van der Waals surface area contributed by atoms with Crippen molar-refractivity contribution in [3.63, 3.8) is 0 Å². The van der Waals surface area contributed by atoms with Crippen LogP contribution in [0, 0.1) is 0 Å². The molecule has 8 nitrogen and oxygen atoms in total. The van der Waals surface area contributed by atoms with Crippen molar-refractivity contribution in [2.24, 2.45) is 5.73 Å². The molecule has 0 aliphatic heterocycles. The normalized spacial score (nSPS) is 9.73. The Bertz CT molecular complexity index is 446. The molecule has 8 heteroatoms. The molecule has 0 unspecified atom stereocenters. The van der Waals surface area contributed by atoms with Crippen molar-refractivity contribution < 1.29 is 33.2 Å². The molecule has 0 aliphatic carbocycles. The number of nitrogens with two attached hydrogens (primary N) is 1. The molecule has 2 N–H and O–H groups in total. The summed E-state index contributed by atoms with van der Waals surface area (Å²) in [6.45, 7) is 12.7. The van der Waals surface area contributed by atoms with Gasteiger partial charge in [-0.3, -0.25) is 4.79 Å². The first-order valence-corrected chi connectivity index (χ1v) is 10.6. The van der Waals surface area contributed by atoms with Crippen LogP contribution in [0.5, 0.6) is 5.75 Å². The quantitative estimate of drug-likeness (QED) is 0.357. The zero-order valence-corrected chi connectivity index (χ0v) is 19.1. The molecule has 0 atom stereocenters. The first kappa shape index (κ1) is 30.5. The predicted molar refractivity (Wildman–Crippen MR) is 118 cm³/mol. The molecule has 1 rings (SSSR count). The molecule has 0 aliphatic rings. The molecule has 0 saturated carbocycles. The summed E-state index contributed by atoms with van der Waals surface area (Å²) >= 11 is 0. The number of ether oxygens (including phenoxy) is 6. The molecule has 0 radical (unpaired) electrons. The van der Waals surface area contributed by atoms with Crippen LogP contribution in [-0.2, 0) is 28.5 Å². The van der Waals surface area contributed by atoms with E-state index in [1.165, 1.54) is 0 Å². The van der Waals surface area contributed by atoms with E-state index in [-0.39, 0.29) is 6.61 Å². The number of para-hydroxylation sites is 1. The zero-order chi connectivity index (χ0) is 22.7. The van der Waals surface area contributed by atoms with Crippen LogP contribution in [0.2, 0.25) is 0 Å². The van der Waals surface area contributed by atoms with Crippen molar-refractivity contribution in [1.29, 1.82) is 0 Å². The highest BCUT2D eigenvalue weighted by Crippen LogP contribution is 2.07. The van der Waals surface area contributed by atoms with E-state index in [4.69, 9.17) is 34.2 Å². The molecule has 0 fully saturated rings. The van der Waals surface area contributed by atoms with Crippen molar-refractivity contribution >= 4 is 5.91 Å². The second kappa shape index (κ2) is 27.3. The summed E-state index contributed by atoms with van der Waals surface area (Å²) in [4.78, 5) is 10.4. The summed E-state index contributed by atoms with van der Waals surface area (Å²) in [6, 6.07) is 9.62. The van der Waals surface area contributed by atoms with Gasteiger partial charge in [-0.1, -0.05) is 45.9 Å². The van der Waals surface area contributed by atoms with Crippen molar-refractivity contribution in [2.45, 2.75) is 27.7 Å². The predicted octanol–water partition coefficient (Wildman–Crippen LogP) is 2.69. The maximum absolute atomic E-state index is 10.4. The topological polar surface area (TPSA) is 98.5 Å². The van der Waals surface area contributed by atoms with E-state index >= 15 is 0 Å². The van der Waals surface area contributed by atoms with E-state index in [2.05, 4.69) is 0 Å². The molecule has 0 saturated heterocycles. The van der Waals surface area contributed by atoms with Crippen molar-refractivity contribution in [3.8, 4) is 5.75 Å². The van der Waals surface area contributed by atoms with Crippen LogP contribution in [0.4, 0.5) is 0 Å².